The molecule has 0 spiro atoms. The summed E-state index contributed by atoms with van der Waals surface area (Å²) < 4.78 is 9.84. The van der Waals surface area contributed by atoms with Crippen molar-refractivity contribution in [2.45, 2.75) is 24.7 Å². The molecule has 1 amide bonds. The number of aliphatic hydroxyl groups is 2. The third kappa shape index (κ3) is 2.83. The molecule has 0 aliphatic carbocycles. The van der Waals surface area contributed by atoms with Crippen molar-refractivity contribution in [1.82, 2.24) is 5.32 Å². The molecule has 0 aromatic rings. The number of carbonyl (C=O) groups is 1. The Bertz CT molecular complexity index is 198. The molecule has 0 saturated carbocycles. The van der Waals surface area contributed by atoms with Crippen molar-refractivity contribution in [2.75, 3.05) is 20.3 Å². The van der Waals surface area contributed by atoms with E-state index in [9.17, 15) is 15.0 Å². The molecule has 0 aromatic carbocycles. The van der Waals surface area contributed by atoms with Crippen LogP contribution in [0.5, 0.6) is 0 Å². The lowest BCUT2D eigenvalue weighted by Crippen LogP contribution is -2.47. The molecule has 14 heavy (non-hydrogen) atoms. The van der Waals surface area contributed by atoms with Gasteiger partial charge in [-0.15, -0.1) is 0 Å². The summed E-state index contributed by atoms with van der Waals surface area (Å²) in [5, 5.41) is 21.0. The molecule has 3 atom stereocenters. The average Bonchev–Trinajstić information content (AvgIpc) is 2.20. The molecule has 0 bridgehead atoms. The number of rotatable bonds is 2. The molecule has 1 rings (SSSR count). The topological polar surface area (TPSA) is 88.0 Å². The highest BCUT2D eigenvalue weighted by atomic mass is 16.6. The van der Waals surface area contributed by atoms with E-state index in [2.05, 4.69) is 5.32 Å². The van der Waals surface area contributed by atoms with E-state index in [1.165, 1.54) is 7.05 Å². The number of alkyl carbamates (subject to hydrolysis) is 1. The summed E-state index contributed by atoms with van der Waals surface area (Å²) in [6.45, 7) is 0.303. The fraction of sp³-hybridized carbons (Fsp3) is 0.875. The van der Waals surface area contributed by atoms with Gasteiger partial charge in [0, 0.05) is 13.7 Å². The molecule has 1 aliphatic heterocycles. The van der Waals surface area contributed by atoms with E-state index >= 15 is 0 Å². The number of hydrogen-bond acceptors (Lipinski definition) is 5. The maximum Gasteiger partial charge on any atom is 0.406 e. The first-order chi connectivity index (χ1) is 6.65. The van der Waals surface area contributed by atoms with E-state index < -0.39 is 24.4 Å². The molecule has 82 valence electrons. The minimum absolute atomic E-state index is 0.0576. The average molecular weight is 205 g/mol. The van der Waals surface area contributed by atoms with Crippen LogP contribution in [0.4, 0.5) is 4.79 Å². The summed E-state index contributed by atoms with van der Waals surface area (Å²) in [6.07, 6.45) is -2.62. The molecule has 0 radical (unpaired) electrons. The summed E-state index contributed by atoms with van der Waals surface area (Å²) in [4.78, 5) is 10.7. The van der Waals surface area contributed by atoms with Crippen molar-refractivity contribution >= 4 is 6.09 Å². The van der Waals surface area contributed by atoms with E-state index in [1.807, 2.05) is 0 Å². The molecule has 6 heteroatoms. The van der Waals surface area contributed by atoms with Gasteiger partial charge in [-0.05, 0) is 6.42 Å². The van der Waals surface area contributed by atoms with Gasteiger partial charge in [-0.3, -0.25) is 0 Å². The zero-order chi connectivity index (χ0) is 10.6. The Morgan fingerprint density at radius 3 is 3.00 bits per heavy atom. The summed E-state index contributed by atoms with van der Waals surface area (Å²) in [7, 11) is 1.44. The van der Waals surface area contributed by atoms with Gasteiger partial charge in [0.15, 0.2) is 0 Å². The quantitative estimate of drug-likeness (QED) is 0.530. The fourth-order valence-electron chi connectivity index (χ4n) is 1.23. The van der Waals surface area contributed by atoms with Gasteiger partial charge >= 0.3 is 6.09 Å². The summed E-state index contributed by atoms with van der Waals surface area (Å²) in [5.74, 6) is 0. The van der Waals surface area contributed by atoms with E-state index in [4.69, 9.17) is 9.47 Å². The Labute approximate surface area is 81.8 Å². The second-order valence-corrected chi connectivity index (χ2v) is 3.10. The molecular formula is C8H15NO5. The summed E-state index contributed by atoms with van der Waals surface area (Å²) >= 11 is 0. The van der Waals surface area contributed by atoms with Crippen molar-refractivity contribution in [3.05, 3.63) is 0 Å². The predicted octanol–water partition coefficient (Wildman–Crippen LogP) is -1.15. The highest BCUT2D eigenvalue weighted by Crippen LogP contribution is 2.14. The SMILES string of the molecule is CNC(=O)OCC1OCCC(O)[C@@H]1O. The van der Waals surface area contributed by atoms with Crippen LogP contribution in [0.15, 0.2) is 0 Å². The molecule has 1 saturated heterocycles. The van der Waals surface area contributed by atoms with Crippen LogP contribution in [-0.4, -0.2) is 54.9 Å². The van der Waals surface area contributed by atoms with Gasteiger partial charge in [0.1, 0.15) is 18.8 Å². The highest BCUT2D eigenvalue weighted by molar-refractivity contribution is 5.66. The van der Waals surface area contributed by atoms with Gasteiger partial charge < -0.3 is 25.0 Å². The van der Waals surface area contributed by atoms with E-state index in [1.54, 1.807) is 0 Å². The molecule has 3 N–H and O–H groups in total. The molecule has 1 fully saturated rings. The largest absolute Gasteiger partial charge is 0.447 e. The van der Waals surface area contributed by atoms with Crippen LogP contribution in [0.2, 0.25) is 0 Å². The van der Waals surface area contributed by atoms with E-state index in [0.29, 0.717) is 13.0 Å². The van der Waals surface area contributed by atoms with Crippen LogP contribution < -0.4 is 5.32 Å². The van der Waals surface area contributed by atoms with Crippen LogP contribution >= 0.6 is 0 Å². The third-order valence-corrected chi connectivity index (χ3v) is 2.10. The highest BCUT2D eigenvalue weighted by Gasteiger charge is 2.32. The molecular weight excluding hydrogens is 190 g/mol. The van der Waals surface area contributed by atoms with Crippen molar-refractivity contribution in [2.24, 2.45) is 0 Å². The first-order valence-corrected chi connectivity index (χ1v) is 4.47. The maximum atomic E-state index is 10.7. The number of hydrogen-bond donors (Lipinski definition) is 3. The van der Waals surface area contributed by atoms with Gasteiger partial charge in [-0.25, -0.2) is 4.79 Å². The Morgan fingerprint density at radius 1 is 1.64 bits per heavy atom. The van der Waals surface area contributed by atoms with Crippen molar-refractivity contribution < 1.29 is 24.5 Å². The smallest absolute Gasteiger partial charge is 0.406 e. The van der Waals surface area contributed by atoms with Gasteiger partial charge in [-0.2, -0.15) is 0 Å². The number of amides is 1. The zero-order valence-corrected chi connectivity index (χ0v) is 7.97. The molecule has 1 heterocycles. The van der Waals surface area contributed by atoms with E-state index in [-0.39, 0.29) is 6.61 Å². The van der Waals surface area contributed by atoms with Gasteiger partial charge in [-0.1, -0.05) is 0 Å². The first kappa shape index (κ1) is 11.2. The summed E-state index contributed by atoms with van der Waals surface area (Å²) in [6, 6.07) is 0. The molecule has 0 aromatic heterocycles. The second kappa shape index (κ2) is 5.14. The lowest BCUT2D eigenvalue weighted by atomic mass is 10.0. The fourth-order valence-corrected chi connectivity index (χ4v) is 1.23. The number of nitrogens with one attached hydrogen (secondary N) is 1. The van der Waals surface area contributed by atoms with Crippen molar-refractivity contribution in [1.29, 1.82) is 0 Å². The minimum Gasteiger partial charge on any atom is -0.447 e. The molecule has 6 nitrogen and oxygen atoms in total. The Kier molecular flexibility index (Phi) is 4.12. The predicted molar refractivity (Wildman–Crippen MR) is 46.8 cm³/mol. The van der Waals surface area contributed by atoms with Crippen molar-refractivity contribution in [3.63, 3.8) is 0 Å². The van der Waals surface area contributed by atoms with Crippen LogP contribution in [0.25, 0.3) is 0 Å². The van der Waals surface area contributed by atoms with Crippen LogP contribution in [-0.2, 0) is 9.47 Å². The van der Waals surface area contributed by atoms with Crippen LogP contribution in [0.1, 0.15) is 6.42 Å². The van der Waals surface area contributed by atoms with Crippen molar-refractivity contribution in [3.8, 4) is 0 Å². The Morgan fingerprint density at radius 2 is 2.36 bits per heavy atom. The standard InChI is InChI=1S/C8H15NO5/c1-9-8(12)14-4-6-7(11)5(10)2-3-13-6/h5-7,10-11H,2-4H2,1H3,(H,9,12)/t5?,6?,7-/m0/s1. The first-order valence-electron chi connectivity index (χ1n) is 4.47. The minimum atomic E-state index is -0.992. The maximum absolute atomic E-state index is 10.7. The summed E-state index contributed by atoms with van der Waals surface area (Å²) in [5.41, 5.74) is 0. The Hall–Kier alpha value is -0.850. The lowest BCUT2D eigenvalue weighted by molar-refractivity contribution is -0.147. The Balaban J connectivity index is 2.32. The van der Waals surface area contributed by atoms with Gasteiger partial charge in [0.05, 0.1) is 6.10 Å². The zero-order valence-electron chi connectivity index (χ0n) is 7.97. The second-order valence-electron chi connectivity index (χ2n) is 3.10. The van der Waals surface area contributed by atoms with Gasteiger partial charge in [0.25, 0.3) is 0 Å². The number of ether oxygens (including phenoxy) is 2. The number of aliphatic hydroxyl groups excluding tert-OH is 2. The third-order valence-electron chi connectivity index (χ3n) is 2.10. The molecule has 1 aliphatic rings. The van der Waals surface area contributed by atoms with Crippen LogP contribution in [0, 0.1) is 0 Å². The monoisotopic (exact) mass is 205 g/mol. The van der Waals surface area contributed by atoms with Gasteiger partial charge in [0.2, 0.25) is 0 Å². The van der Waals surface area contributed by atoms with Crippen LogP contribution in [0.3, 0.4) is 0 Å². The number of carbonyl (C=O) groups excluding carboxylic acids is 1. The lowest BCUT2D eigenvalue weighted by Gasteiger charge is -2.31. The normalized spacial score (nSPS) is 32.4. The van der Waals surface area contributed by atoms with E-state index in [0.717, 1.165) is 0 Å². The molecule has 2 unspecified atom stereocenters.